The van der Waals surface area contributed by atoms with Crippen LogP contribution in [0.25, 0.3) is 0 Å². The zero-order valence-electron chi connectivity index (χ0n) is 15.3. The molecule has 0 aromatic carbocycles. The van der Waals surface area contributed by atoms with E-state index >= 15 is 0 Å². The van der Waals surface area contributed by atoms with E-state index in [1.54, 1.807) is 24.5 Å². The Labute approximate surface area is 165 Å². The maximum Gasteiger partial charge on any atom is 0.256 e. The molecule has 0 radical (unpaired) electrons. The van der Waals surface area contributed by atoms with E-state index in [1.165, 1.54) is 16.2 Å². The number of rotatable bonds is 3. The highest BCUT2D eigenvalue weighted by Crippen LogP contribution is 2.30. The Morgan fingerprint density at radius 2 is 2.18 bits per heavy atom. The predicted molar refractivity (Wildman–Crippen MR) is 104 cm³/mol. The van der Waals surface area contributed by atoms with Crippen LogP contribution in [0.15, 0.2) is 24.5 Å². The van der Waals surface area contributed by atoms with Gasteiger partial charge in [0, 0.05) is 36.7 Å². The lowest BCUT2D eigenvalue weighted by molar-refractivity contribution is -0.134. The molecule has 28 heavy (non-hydrogen) atoms. The van der Waals surface area contributed by atoms with Crippen LogP contribution in [0.2, 0.25) is 0 Å². The van der Waals surface area contributed by atoms with Crippen molar-refractivity contribution in [2.24, 2.45) is 0 Å². The van der Waals surface area contributed by atoms with Crippen LogP contribution >= 0.6 is 11.3 Å². The molecule has 2 aliphatic rings. The molecule has 1 spiro atoms. The molecule has 1 fully saturated rings. The lowest BCUT2D eigenvalue weighted by Gasteiger charge is -2.39. The molecule has 0 bridgehead atoms. The van der Waals surface area contributed by atoms with E-state index in [0.717, 1.165) is 4.88 Å². The molecule has 4 rings (SSSR count). The van der Waals surface area contributed by atoms with Gasteiger partial charge in [-0.15, -0.1) is 11.3 Å². The van der Waals surface area contributed by atoms with Crippen molar-refractivity contribution in [3.8, 4) is 0 Å². The smallest absolute Gasteiger partial charge is 0.256 e. The summed E-state index contributed by atoms with van der Waals surface area (Å²) in [5.41, 5.74) is -0.259. The van der Waals surface area contributed by atoms with Crippen LogP contribution < -0.4 is 16.0 Å². The first-order valence-corrected chi connectivity index (χ1v) is 9.82. The van der Waals surface area contributed by atoms with E-state index in [4.69, 9.17) is 0 Å². The number of pyridine rings is 1. The fourth-order valence-electron chi connectivity index (χ4n) is 3.45. The van der Waals surface area contributed by atoms with Crippen LogP contribution in [-0.4, -0.2) is 51.3 Å². The van der Waals surface area contributed by atoms with Gasteiger partial charge in [-0.1, -0.05) is 0 Å². The number of nitrogens with zero attached hydrogens (tertiary/aromatic N) is 3. The first-order valence-electron chi connectivity index (χ1n) is 9.00. The highest BCUT2D eigenvalue weighted by atomic mass is 32.1. The van der Waals surface area contributed by atoms with Gasteiger partial charge in [0.25, 0.3) is 5.91 Å². The van der Waals surface area contributed by atoms with Crippen LogP contribution in [0, 0.1) is 6.92 Å². The van der Waals surface area contributed by atoms with Gasteiger partial charge >= 0.3 is 0 Å². The fourth-order valence-corrected chi connectivity index (χ4v) is 4.13. The number of amides is 3. The van der Waals surface area contributed by atoms with E-state index in [1.807, 2.05) is 6.92 Å². The second kappa shape index (κ2) is 7.19. The van der Waals surface area contributed by atoms with Gasteiger partial charge in [0.1, 0.15) is 11.5 Å². The van der Waals surface area contributed by atoms with E-state index in [0.29, 0.717) is 35.9 Å². The molecule has 0 saturated carbocycles. The molecule has 9 nitrogen and oxygen atoms in total. The van der Waals surface area contributed by atoms with Crippen molar-refractivity contribution < 1.29 is 14.4 Å². The monoisotopic (exact) mass is 400 g/mol. The number of anilines is 2. The lowest BCUT2D eigenvalue weighted by Crippen LogP contribution is -2.58. The molecule has 0 unspecified atom stereocenters. The number of hydrogen-bond acceptors (Lipinski definition) is 7. The molecule has 0 aliphatic carbocycles. The molecule has 3 N–H and O–H groups in total. The van der Waals surface area contributed by atoms with Crippen LogP contribution in [-0.2, 0) is 9.59 Å². The molecule has 4 heterocycles. The van der Waals surface area contributed by atoms with Gasteiger partial charge in [0.05, 0.1) is 12.1 Å². The normalized spacial score (nSPS) is 21.5. The summed E-state index contributed by atoms with van der Waals surface area (Å²) in [6, 6.07) is 3.41. The SMILES string of the molecule is Cc1cnc(NC(=O)CN2CC[C@@]3(CCC2=O)NC(=O)c2cccnc2N3)s1. The number of hydrogen-bond donors (Lipinski definition) is 3. The van der Waals surface area contributed by atoms with Gasteiger partial charge < -0.3 is 20.9 Å². The van der Waals surface area contributed by atoms with E-state index in [9.17, 15) is 14.4 Å². The predicted octanol–water partition coefficient (Wildman–Crippen LogP) is 1.35. The van der Waals surface area contributed by atoms with E-state index < -0.39 is 5.66 Å². The molecular weight excluding hydrogens is 380 g/mol. The van der Waals surface area contributed by atoms with Gasteiger partial charge in [0.2, 0.25) is 11.8 Å². The second-order valence-electron chi connectivity index (χ2n) is 6.95. The molecule has 10 heteroatoms. The molecule has 2 aromatic heterocycles. The Kier molecular flexibility index (Phi) is 4.71. The van der Waals surface area contributed by atoms with Crippen molar-refractivity contribution >= 4 is 40.0 Å². The number of aromatic nitrogens is 2. The van der Waals surface area contributed by atoms with Crippen LogP contribution in [0.5, 0.6) is 0 Å². The van der Waals surface area contributed by atoms with Crippen molar-refractivity contribution in [1.29, 1.82) is 0 Å². The maximum absolute atomic E-state index is 12.5. The molecule has 1 atom stereocenters. The summed E-state index contributed by atoms with van der Waals surface area (Å²) in [7, 11) is 0. The first-order chi connectivity index (χ1) is 13.4. The number of thiazole rings is 1. The topological polar surface area (TPSA) is 116 Å². The third kappa shape index (κ3) is 3.68. The molecular formula is C18H20N6O3S. The third-order valence-electron chi connectivity index (χ3n) is 4.89. The minimum absolute atomic E-state index is 0.0453. The number of carbonyl (C=O) groups excluding carboxylic acids is 3. The number of fused-ring (bicyclic) bond motifs is 1. The maximum atomic E-state index is 12.5. The average Bonchev–Trinajstić information content (AvgIpc) is 3.01. The van der Waals surface area contributed by atoms with E-state index in [-0.39, 0.29) is 30.7 Å². The van der Waals surface area contributed by atoms with Gasteiger partial charge in [-0.3, -0.25) is 14.4 Å². The Morgan fingerprint density at radius 1 is 1.32 bits per heavy atom. The number of nitrogens with one attached hydrogen (secondary N) is 3. The van der Waals surface area contributed by atoms with Crippen molar-refractivity contribution in [3.63, 3.8) is 0 Å². The average molecular weight is 400 g/mol. The molecule has 1 saturated heterocycles. The van der Waals surface area contributed by atoms with Gasteiger partial charge in [0.15, 0.2) is 5.13 Å². The highest BCUT2D eigenvalue weighted by Gasteiger charge is 2.41. The Morgan fingerprint density at radius 3 is 2.96 bits per heavy atom. The molecule has 3 amide bonds. The third-order valence-corrected chi connectivity index (χ3v) is 5.72. The Hall–Kier alpha value is -3.01. The summed E-state index contributed by atoms with van der Waals surface area (Å²) in [6.45, 7) is 2.21. The van der Waals surface area contributed by atoms with Crippen LogP contribution in [0.1, 0.15) is 34.5 Å². The number of carbonyl (C=O) groups is 3. The summed E-state index contributed by atoms with van der Waals surface area (Å²) in [6.07, 6.45) is 4.43. The van der Waals surface area contributed by atoms with Crippen molar-refractivity contribution in [1.82, 2.24) is 20.2 Å². The number of likely N-dealkylation sites (tertiary alicyclic amines) is 1. The summed E-state index contributed by atoms with van der Waals surface area (Å²) in [4.78, 5) is 48.2. The summed E-state index contributed by atoms with van der Waals surface area (Å²) >= 11 is 1.38. The second-order valence-corrected chi connectivity index (χ2v) is 8.19. The quantitative estimate of drug-likeness (QED) is 0.716. The zero-order chi connectivity index (χ0) is 19.7. The first kappa shape index (κ1) is 18.4. The molecule has 2 aromatic rings. The minimum Gasteiger partial charge on any atom is -0.347 e. The van der Waals surface area contributed by atoms with Crippen molar-refractivity contribution in [2.75, 3.05) is 23.7 Å². The molecule has 146 valence electrons. The lowest BCUT2D eigenvalue weighted by atomic mass is 9.97. The minimum atomic E-state index is -0.744. The highest BCUT2D eigenvalue weighted by molar-refractivity contribution is 7.15. The van der Waals surface area contributed by atoms with Crippen molar-refractivity contribution in [3.05, 3.63) is 35.0 Å². The number of aryl methyl sites for hydroxylation is 1. The summed E-state index contributed by atoms with van der Waals surface area (Å²) < 4.78 is 0. The van der Waals surface area contributed by atoms with Crippen LogP contribution in [0.4, 0.5) is 10.9 Å². The van der Waals surface area contributed by atoms with Gasteiger partial charge in [-0.2, -0.15) is 0 Å². The van der Waals surface area contributed by atoms with E-state index in [2.05, 4.69) is 25.9 Å². The zero-order valence-corrected chi connectivity index (χ0v) is 16.1. The Balaban J connectivity index is 1.43. The summed E-state index contributed by atoms with van der Waals surface area (Å²) in [5.74, 6) is -0.0971. The summed E-state index contributed by atoms with van der Waals surface area (Å²) in [5, 5.41) is 9.52. The standard InChI is InChI=1S/C18H20N6O3S/c1-11-9-20-17(28-11)21-13(25)10-24-8-6-18(5-4-14(24)26)22-15-12(16(27)23-18)3-2-7-19-15/h2-3,7,9H,4-6,8,10H2,1H3,(H,19,22)(H,23,27)(H,20,21,25)/t18-/m1/s1. The largest absolute Gasteiger partial charge is 0.347 e. The van der Waals surface area contributed by atoms with Gasteiger partial charge in [-0.05, 0) is 25.5 Å². The van der Waals surface area contributed by atoms with Crippen molar-refractivity contribution in [2.45, 2.75) is 31.8 Å². The van der Waals surface area contributed by atoms with Crippen LogP contribution in [0.3, 0.4) is 0 Å². The van der Waals surface area contributed by atoms with Gasteiger partial charge in [-0.25, -0.2) is 9.97 Å². The Bertz CT molecular complexity index is 945. The molecule has 2 aliphatic heterocycles. The fraction of sp³-hybridized carbons (Fsp3) is 0.389.